The molecule has 3 aromatic carbocycles. The smallest absolute Gasteiger partial charge is 0.270 e. The summed E-state index contributed by atoms with van der Waals surface area (Å²) < 4.78 is 11.0. The lowest BCUT2D eigenvalue weighted by Crippen LogP contribution is -2.40. The zero-order valence-corrected chi connectivity index (χ0v) is 18.3. The molecule has 0 N–H and O–H groups in total. The van der Waals surface area contributed by atoms with Gasteiger partial charge in [-0.1, -0.05) is 41.9 Å². The minimum atomic E-state index is -0.538. The topological polar surface area (TPSA) is 81.9 Å². The van der Waals surface area contributed by atoms with E-state index in [1.807, 2.05) is 42.5 Å². The lowest BCUT2D eigenvalue weighted by atomic mass is 9.87. The number of fused-ring (bicyclic) bond motifs is 1. The Morgan fingerprint density at radius 2 is 1.75 bits per heavy atom. The van der Waals surface area contributed by atoms with Crippen molar-refractivity contribution >= 4 is 23.2 Å². The van der Waals surface area contributed by atoms with Crippen LogP contribution in [-0.2, 0) is 6.42 Å². The van der Waals surface area contributed by atoms with Crippen molar-refractivity contribution in [2.45, 2.75) is 12.5 Å². The zero-order valence-electron chi connectivity index (χ0n) is 17.6. The maximum atomic E-state index is 13.6. The van der Waals surface area contributed by atoms with E-state index in [0.29, 0.717) is 24.5 Å². The number of carbonyl (C=O) groups excluding carboxylic acids is 1. The summed E-state index contributed by atoms with van der Waals surface area (Å²) in [6.07, 6.45) is 0.620. The first kappa shape index (κ1) is 21.6. The van der Waals surface area contributed by atoms with Crippen LogP contribution in [0.2, 0.25) is 5.02 Å². The van der Waals surface area contributed by atoms with E-state index in [0.717, 1.165) is 16.7 Å². The van der Waals surface area contributed by atoms with Gasteiger partial charge in [0.15, 0.2) is 11.5 Å². The Kier molecular flexibility index (Phi) is 6.01. The van der Waals surface area contributed by atoms with Gasteiger partial charge in [0.05, 0.1) is 35.8 Å². The monoisotopic (exact) mass is 452 g/mol. The van der Waals surface area contributed by atoms with E-state index in [1.54, 1.807) is 19.1 Å². The van der Waals surface area contributed by atoms with Crippen LogP contribution in [0.1, 0.15) is 33.1 Å². The number of ether oxygens (including phenoxy) is 2. The Labute approximate surface area is 190 Å². The van der Waals surface area contributed by atoms with Crippen LogP contribution < -0.4 is 9.47 Å². The second-order valence-electron chi connectivity index (χ2n) is 7.39. The Bertz CT molecular complexity index is 1180. The summed E-state index contributed by atoms with van der Waals surface area (Å²) in [6.45, 7) is 0.453. The van der Waals surface area contributed by atoms with E-state index < -0.39 is 4.92 Å². The van der Waals surface area contributed by atoms with Gasteiger partial charge in [-0.2, -0.15) is 0 Å². The Hall–Kier alpha value is -3.58. The lowest BCUT2D eigenvalue weighted by Gasteiger charge is -2.38. The molecule has 8 heteroatoms. The van der Waals surface area contributed by atoms with Gasteiger partial charge in [-0.3, -0.25) is 14.9 Å². The van der Waals surface area contributed by atoms with Crippen molar-refractivity contribution in [3.63, 3.8) is 0 Å². The van der Waals surface area contributed by atoms with Crippen molar-refractivity contribution in [1.82, 2.24) is 4.90 Å². The van der Waals surface area contributed by atoms with E-state index in [4.69, 9.17) is 21.1 Å². The molecule has 164 valence electrons. The molecule has 0 fully saturated rings. The van der Waals surface area contributed by atoms with Crippen LogP contribution in [0.4, 0.5) is 5.69 Å². The van der Waals surface area contributed by atoms with Gasteiger partial charge in [0, 0.05) is 18.7 Å². The molecule has 0 radical (unpaired) electrons. The van der Waals surface area contributed by atoms with Gasteiger partial charge >= 0.3 is 0 Å². The number of non-ortho nitro benzene ring substituents is 1. The first-order valence-corrected chi connectivity index (χ1v) is 10.4. The quantitative estimate of drug-likeness (QED) is 0.399. The molecule has 1 atom stereocenters. The van der Waals surface area contributed by atoms with E-state index in [9.17, 15) is 14.9 Å². The number of carbonyl (C=O) groups is 1. The molecule has 0 aromatic heterocycles. The summed E-state index contributed by atoms with van der Waals surface area (Å²) in [5, 5.41) is 11.1. The predicted molar refractivity (Wildman–Crippen MR) is 121 cm³/mol. The van der Waals surface area contributed by atoms with Crippen LogP contribution >= 0.6 is 11.6 Å². The van der Waals surface area contributed by atoms with Crippen molar-refractivity contribution in [2.24, 2.45) is 0 Å². The van der Waals surface area contributed by atoms with Gasteiger partial charge in [-0.25, -0.2) is 0 Å². The van der Waals surface area contributed by atoms with Crippen molar-refractivity contribution in [2.75, 3.05) is 20.8 Å². The van der Waals surface area contributed by atoms with Gasteiger partial charge in [-0.05, 0) is 41.3 Å². The highest BCUT2D eigenvalue weighted by Crippen LogP contribution is 2.42. The standard InChI is InChI=1S/C24H21ClN2O5/c1-31-21-12-16-10-11-26(24(28)18-9-8-17(27(29)30)13-20(18)25)23(15-6-4-3-5-7-15)19(16)14-22(21)32-2/h3-9,12-14,23H,10-11H2,1-2H3. The van der Waals surface area contributed by atoms with Crippen LogP contribution in [-0.4, -0.2) is 36.5 Å². The van der Waals surface area contributed by atoms with Crippen LogP contribution in [0, 0.1) is 10.1 Å². The maximum Gasteiger partial charge on any atom is 0.270 e. The third-order valence-electron chi connectivity index (χ3n) is 5.64. The van der Waals surface area contributed by atoms with E-state index in [2.05, 4.69) is 0 Å². The molecule has 1 unspecified atom stereocenters. The molecule has 4 rings (SSSR count). The fraction of sp³-hybridized carbons (Fsp3) is 0.208. The molecular weight excluding hydrogens is 432 g/mol. The summed E-state index contributed by atoms with van der Waals surface area (Å²) >= 11 is 6.28. The number of rotatable bonds is 5. The number of amides is 1. The Morgan fingerprint density at radius 3 is 2.38 bits per heavy atom. The Balaban J connectivity index is 1.82. The minimum Gasteiger partial charge on any atom is -0.493 e. The van der Waals surface area contributed by atoms with Gasteiger partial charge in [-0.15, -0.1) is 0 Å². The summed E-state index contributed by atoms with van der Waals surface area (Å²) in [5.74, 6) is 0.922. The molecule has 32 heavy (non-hydrogen) atoms. The summed E-state index contributed by atoms with van der Waals surface area (Å²) in [6, 6.07) is 17.1. The molecule has 0 saturated heterocycles. The number of nitro benzene ring substituents is 1. The SMILES string of the molecule is COc1cc2c(cc1OC)C(c1ccccc1)N(C(=O)c1ccc([N+](=O)[O-])cc1Cl)CC2. The molecule has 0 bridgehead atoms. The highest BCUT2D eigenvalue weighted by Gasteiger charge is 2.34. The summed E-state index contributed by atoms with van der Waals surface area (Å²) in [7, 11) is 3.17. The third kappa shape index (κ3) is 3.87. The molecule has 0 aliphatic carbocycles. The number of methoxy groups -OCH3 is 2. The molecule has 0 saturated carbocycles. The van der Waals surface area contributed by atoms with Crippen molar-refractivity contribution in [3.8, 4) is 11.5 Å². The van der Waals surface area contributed by atoms with Gasteiger partial charge in [0.25, 0.3) is 11.6 Å². The molecule has 1 heterocycles. The van der Waals surface area contributed by atoms with Gasteiger partial charge in [0.2, 0.25) is 0 Å². The average Bonchev–Trinajstić information content (AvgIpc) is 2.82. The summed E-state index contributed by atoms with van der Waals surface area (Å²) in [4.78, 5) is 25.8. The van der Waals surface area contributed by atoms with Gasteiger partial charge in [0.1, 0.15) is 0 Å². The second kappa shape index (κ2) is 8.88. The second-order valence-corrected chi connectivity index (χ2v) is 7.80. The highest BCUT2D eigenvalue weighted by molar-refractivity contribution is 6.34. The first-order valence-electron chi connectivity index (χ1n) is 9.99. The number of nitrogens with zero attached hydrogens (tertiary/aromatic N) is 2. The van der Waals surface area contributed by atoms with Crippen LogP contribution in [0.25, 0.3) is 0 Å². The van der Waals surface area contributed by atoms with Crippen molar-refractivity contribution in [3.05, 3.63) is 98.1 Å². The molecule has 7 nitrogen and oxygen atoms in total. The maximum absolute atomic E-state index is 13.6. The van der Waals surface area contributed by atoms with E-state index in [1.165, 1.54) is 18.2 Å². The molecule has 3 aromatic rings. The molecule has 0 spiro atoms. The fourth-order valence-corrected chi connectivity index (χ4v) is 4.36. The van der Waals surface area contributed by atoms with E-state index in [-0.39, 0.29) is 28.2 Å². The summed E-state index contributed by atoms with van der Waals surface area (Å²) in [5.41, 5.74) is 3.00. The predicted octanol–water partition coefficient (Wildman–Crippen LogP) is 5.05. The van der Waals surface area contributed by atoms with Crippen LogP contribution in [0.5, 0.6) is 11.5 Å². The normalized spacial score (nSPS) is 15.1. The van der Waals surface area contributed by atoms with Crippen LogP contribution in [0.3, 0.4) is 0 Å². The zero-order chi connectivity index (χ0) is 22.8. The van der Waals surface area contributed by atoms with Crippen LogP contribution in [0.15, 0.2) is 60.7 Å². The molecular formula is C24H21ClN2O5. The third-order valence-corrected chi connectivity index (χ3v) is 5.96. The average molecular weight is 453 g/mol. The fourth-order valence-electron chi connectivity index (χ4n) is 4.11. The molecule has 1 amide bonds. The Morgan fingerprint density at radius 1 is 1.06 bits per heavy atom. The molecule has 1 aliphatic rings. The number of hydrogen-bond acceptors (Lipinski definition) is 5. The van der Waals surface area contributed by atoms with Gasteiger partial charge < -0.3 is 14.4 Å². The highest BCUT2D eigenvalue weighted by atomic mass is 35.5. The number of benzene rings is 3. The molecule has 1 aliphatic heterocycles. The number of hydrogen-bond donors (Lipinski definition) is 0. The first-order chi connectivity index (χ1) is 15.4. The lowest BCUT2D eigenvalue weighted by molar-refractivity contribution is -0.384. The van der Waals surface area contributed by atoms with Crippen molar-refractivity contribution < 1.29 is 19.2 Å². The van der Waals surface area contributed by atoms with Crippen molar-refractivity contribution in [1.29, 1.82) is 0 Å². The number of halogens is 1. The minimum absolute atomic E-state index is 0.0501. The number of nitro groups is 1. The largest absolute Gasteiger partial charge is 0.493 e. The van der Waals surface area contributed by atoms with E-state index >= 15 is 0 Å².